The van der Waals surface area contributed by atoms with Gasteiger partial charge in [-0.25, -0.2) is 0 Å². The first-order valence-electron chi connectivity index (χ1n) is 7.27. The highest BCUT2D eigenvalue weighted by Crippen LogP contribution is 2.27. The highest BCUT2D eigenvalue weighted by molar-refractivity contribution is 5.58. The van der Waals surface area contributed by atoms with Crippen molar-refractivity contribution in [2.75, 3.05) is 25.1 Å². The Bertz CT molecular complexity index is 417. The Hall–Kier alpha value is -1.06. The summed E-state index contributed by atoms with van der Waals surface area (Å²) in [6.07, 6.45) is 2.17. The van der Waals surface area contributed by atoms with E-state index in [9.17, 15) is 5.11 Å². The Morgan fingerprint density at radius 2 is 2.16 bits per heavy atom. The zero-order valence-electron chi connectivity index (χ0n) is 12.3. The Morgan fingerprint density at radius 3 is 2.84 bits per heavy atom. The van der Waals surface area contributed by atoms with Crippen LogP contribution in [0, 0.1) is 5.92 Å². The van der Waals surface area contributed by atoms with Gasteiger partial charge in [-0.05, 0) is 36.0 Å². The number of rotatable bonds is 6. The minimum absolute atomic E-state index is 0.205. The van der Waals surface area contributed by atoms with Crippen LogP contribution in [0.25, 0.3) is 0 Å². The van der Waals surface area contributed by atoms with Gasteiger partial charge in [-0.2, -0.15) is 0 Å². The minimum Gasteiger partial charge on any atom is -0.395 e. The Balaban J connectivity index is 1.93. The lowest BCUT2D eigenvalue weighted by Gasteiger charge is -2.19. The van der Waals surface area contributed by atoms with Crippen molar-refractivity contribution in [1.82, 2.24) is 5.32 Å². The van der Waals surface area contributed by atoms with Crippen molar-refractivity contribution < 1.29 is 5.11 Å². The molecule has 19 heavy (non-hydrogen) atoms. The molecular weight excluding hydrogens is 236 g/mol. The number of nitrogens with one attached hydrogen (secondary N) is 1. The van der Waals surface area contributed by atoms with Gasteiger partial charge in [0.25, 0.3) is 0 Å². The second kappa shape index (κ2) is 6.40. The topological polar surface area (TPSA) is 35.5 Å². The first-order valence-corrected chi connectivity index (χ1v) is 7.27. The summed E-state index contributed by atoms with van der Waals surface area (Å²) in [7, 11) is 2.15. The van der Waals surface area contributed by atoms with E-state index in [1.165, 1.54) is 16.8 Å². The third-order valence-corrected chi connectivity index (χ3v) is 3.84. The summed E-state index contributed by atoms with van der Waals surface area (Å²) in [6, 6.07) is 6.92. The number of benzene rings is 1. The molecule has 2 rings (SSSR count). The van der Waals surface area contributed by atoms with Crippen molar-refractivity contribution in [3.63, 3.8) is 0 Å². The summed E-state index contributed by atoms with van der Waals surface area (Å²) < 4.78 is 0. The molecule has 1 atom stereocenters. The normalized spacial score (nSPS) is 15.9. The summed E-state index contributed by atoms with van der Waals surface area (Å²) >= 11 is 0. The van der Waals surface area contributed by atoms with E-state index in [1.807, 2.05) is 0 Å². The molecule has 0 amide bonds. The molecule has 0 saturated heterocycles. The van der Waals surface area contributed by atoms with Crippen LogP contribution in [0.5, 0.6) is 0 Å². The average Bonchev–Trinajstić information content (AvgIpc) is 2.75. The van der Waals surface area contributed by atoms with Crippen LogP contribution in [0.2, 0.25) is 0 Å². The largest absolute Gasteiger partial charge is 0.395 e. The zero-order chi connectivity index (χ0) is 13.8. The molecule has 1 aromatic carbocycles. The minimum atomic E-state index is 0.205. The second-order valence-corrected chi connectivity index (χ2v) is 6.02. The number of nitrogens with zero attached hydrogens (tertiary/aromatic N) is 1. The first kappa shape index (κ1) is 14.4. The van der Waals surface area contributed by atoms with E-state index >= 15 is 0 Å². The molecule has 0 aromatic heterocycles. The van der Waals surface area contributed by atoms with E-state index in [-0.39, 0.29) is 12.6 Å². The number of likely N-dealkylation sites (N-methyl/N-ethyl adjacent to an activating group) is 1. The molecule has 0 radical (unpaired) electrons. The maximum absolute atomic E-state index is 9.37. The van der Waals surface area contributed by atoms with E-state index < -0.39 is 0 Å². The second-order valence-electron chi connectivity index (χ2n) is 6.02. The van der Waals surface area contributed by atoms with Gasteiger partial charge in [-0.1, -0.05) is 26.0 Å². The Kier molecular flexibility index (Phi) is 4.83. The molecule has 0 saturated carbocycles. The van der Waals surface area contributed by atoms with Gasteiger partial charge >= 0.3 is 0 Å². The summed E-state index contributed by atoms with van der Waals surface area (Å²) in [5.74, 6) is 0.610. The van der Waals surface area contributed by atoms with E-state index in [0.717, 1.165) is 25.9 Å². The summed E-state index contributed by atoms with van der Waals surface area (Å²) in [4.78, 5) is 2.31. The lowest BCUT2D eigenvalue weighted by atomic mass is 10.0. The molecule has 3 nitrogen and oxygen atoms in total. The number of aliphatic hydroxyl groups is 1. The van der Waals surface area contributed by atoms with Crippen molar-refractivity contribution in [1.29, 1.82) is 0 Å². The summed E-state index contributed by atoms with van der Waals surface area (Å²) in [6.45, 7) is 6.56. The third kappa shape index (κ3) is 3.71. The highest BCUT2D eigenvalue weighted by Gasteiger charge is 2.16. The smallest absolute Gasteiger partial charge is 0.0584 e. The molecule has 0 aliphatic carbocycles. The molecule has 1 aliphatic rings. The van der Waals surface area contributed by atoms with Gasteiger partial charge in [0, 0.05) is 31.9 Å². The van der Waals surface area contributed by atoms with Crippen LogP contribution in [0.15, 0.2) is 18.2 Å². The van der Waals surface area contributed by atoms with E-state index in [2.05, 4.69) is 49.3 Å². The molecule has 1 aromatic rings. The van der Waals surface area contributed by atoms with Gasteiger partial charge in [0.2, 0.25) is 0 Å². The maximum Gasteiger partial charge on any atom is 0.0584 e. The van der Waals surface area contributed by atoms with Crippen LogP contribution in [-0.4, -0.2) is 31.3 Å². The van der Waals surface area contributed by atoms with Crippen LogP contribution < -0.4 is 10.2 Å². The molecule has 2 N–H and O–H groups in total. The fourth-order valence-corrected chi connectivity index (χ4v) is 2.78. The average molecular weight is 262 g/mol. The van der Waals surface area contributed by atoms with Crippen molar-refractivity contribution in [2.24, 2.45) is 5.92 Å². The van der Waals surface area contributed by atoms with E-state index in [0.29, 0.717) is 5.92 Å². The van der Waals surface area contributed by atoms with Crippen LogP contribution in [0.1, 0.15) is 31.4 Å². The van der Waals surface area contributed by atoms with Crippen molar-refractivity contribution in [3.05, 3.63) is 29.3 Å². The number of hydrogen-bond donors (Lipinski definition) is 2. The van der Waals surface area contributed by atoms with E-state index in [1.54, 1.807) is 0 Å². The molecule has 1 heterocycles. The highest BCUT2D eigenvalue weighted by atomic mass is 16.3. The molecule has 106 valence electrons. The molecule has 3 heteroatoms. The third-order valence-electron chi connectivity index (χ3n) is 3.84. The molecular formula is C16H26N2O. The van der Waals surface area contributed by atoms with Crippen LogP contribution >= 0.6 is 0 Å². The Labute approximate surface area is 116 Å². The molecule has 0 bridgehead atoms. The molecule has 1 aliphatic heterocycles. The van der Waals surface area contributed by atoms with Gasteiger partial charge < -0.3 is 15.3 Å². The number of aliphatic hydroxyl groups excluding tert-OH is 1. The predicted molar refractivity (Wildman–Crippen MR) is 80.6 cm³/mol. The van der Waals surface area contributed by atoms with Gasteiger partial charge in [0.05, 0.1) is 6.61 Å². The van der Waals surface area contributed by atoms with Gasteiger partial charge in [0.15, 0.2) is 0 Å². The first-order chi connectivity index (χ1) is 9.10. The molecule has 0 fully saturated rings. The fourth-order valence-electron chi connectivity index (χ4n) is 2.78. The lowest BCUT2D eigenvalue weighted by molar-refractivity contribution is 0.223. The number of anilines is 1. The SMILES string of the molecule is CC(C)CC(CO)NCc1ccc2c(c1)CCN2C. The lowest BCUT2D eigenvalue weighted by Crippen LogP contribution is -2.33. The number of fused-ring (bicyclic) bond motifs is 1. The van der Waals surface area contributed by atoms with Gasteiger partial charge in [0.1, 0.15) is 0 Å². The van der Waals surface area contributed by atoms with E-state index in [4.69, 9.17) is 0 Å². The maximum atomic E-state index is 9.37. The quantitative estimate of drug-likeness (QED) is 0.825. The fraction of sp³-hybridized carbons (Fsp3) is 0.625. The van der Waals surface area contributed by atoms with Crippen molar-refractivity contribution >= 4 is 5.69 Å². The molecule has 1 unspecified atom stereocenters. The van der Waals surface area contributed by atoms with Crippen molar-refractivity contribution in [3.8, 4) is 0 Å². The van der Waals surface area contributed by atoms with Crippen LogP contribution in [0.4, 0.5) is 5.69 Å². The van der Waals surface area contributed by atoms with Crippen LogP contribution in [-0.2, 0) is 13.0 Å². The predicted octanol–water partition coefficient (Wildman–Crippen LogP) is 2.18. The standard InChI is InChI=1S/C16H26N2O/c1-12(2)8-15(11-19)17-10-13-4-5-16-14(9-13)6-7-18(16)3/h4-5,9,12,15,17,19H,6-8,10-11H2,1-3H3. The Morgan fingerprint density at radius 1 is 1.37 bits per heavy atom. The van der Waals surface area contributed by atoms with Crippen LogP contribution in [0.3, 0.4) is 0 Å². The van der Waals surface area contributed by atoms with Crippen molar-refractivity contribution in [2.45, 2.75) is 39.3 Å². The number of hydrogen-bond acceptors (Lipinski definition) is 3. The molecule has 0 spiro atoms. The zero-order valence-corrected chi connectivity index (χ0v) is 12.3. The monoisotopic (exact) mass is 262 g/mol. The van der Waals surface area contributed by atoms with Gasteiger partial charge in [-0.3, -0.25) is 0 Å². The summed E-state index contributed by atoms with van der Waals surface area (Å²) in [5, 5.41) is 12.8. The summed E-state index contributed by atoms with van der Waals surface area (Å²) in [5.41, 5.74) is 4.13. The van der Waals surface area contributed by atoms with Gasteiger partial charge in [-0.15, -0.1) is 0 Å².